The molecule has 0 saturated heterocycles. The van der Waals surface area contributed by atoms with E-state index in [-0.39, 0.29) is 0 Å². The van der Waals surface area contributed by atoms with Gasteiger partial charge in [-0.05, 0) is 173 Å². The van der Waals surface area contributed by atoms with Gasteiger partial charge in [0.25, 0.3) is 6.29 Å². The van der Waals surface area contributed by atoms with E-state index in [4.69, 9.17) is 9.47 Å². The highest BCUT2D eigenvalue weighted by Crippen LogP contribution is 2.69. The Morgan fingerprint density at radius 1 is 0.190 bits per heavy atom. The van der Waals surface area contributed by atoms with Crippen LogP contribution in [-0.2, 0) is 0 Å². The number of hydrogen-bond donors (Lipinski definition) is 0. The molecular formula is C91H56B4N8O2. The second-order valence-corrected chi connectivity index (χ2v) is 28.7. The predicted octanol–water partition coefficient (Wildman–Crippen LogP) is 19.5. The zero-order valence-corrected chi connectivity index (χ0v) is 56.5. The van der Waals surface area contributed by atoms with Gasteiger partial charge in [-0.1, -0.05) is 194 Å². The van der Waals surface area contributed by atoms with Gasteiger partial charge < -0.3 is 48.0 Å². The predicted molar refractivity (Wildman–Crippen MR) is 433 cm³/mol. The number of fused-ring (bicyclic) bond motifs is 6. The Balaban J connectivity index is 0.886. The molecule has 0 fully saturated rings. The van der Waals surface area contributed by atoms with Gasteiger partial charge in [0.2, 0.25) is 0 Å². The van der Waals surface area contributed by atoms with Crippen molar-refractivity contribution in [3.8, 4) is 78.3 Å². The minimum absolute atomic E-state index is 0.398. The van der Waals surface area contributed by atoms with Crippen molar-refractivity contribution in [3.05, 3.63) is 339 Å². The lowest BCUT2D eigenvalue weighted by molar-refractivity contribution is 0.00114. The SMILES string of the molecule is c1ccc(N2B3c4c(c5c6c7c4-c4c(cccc4N(c4ccccc4)B7N(c4ccccc4)c4cc7c8c(c4-6)C(O5)Oc4c5c6c9c(c4-8)B(N(c4ccccc4)c4cccc(c4-9)N(c4ccccc4)B6N(c4ccccc4)c4ccccc4-5)N7c4ccccc4)N3c3ccccc3)-c3ccccc32)cc1. The fourth-order valence-electron chi connectivity index (χ4n) is 20.2. The molecule has 0 spiro atoms. The molecule has 15 aromatic carbocycles. The smallest absolute Gasteiger partial charge is 0.422 e. The molecule has 105 heavy (non-hydrogen) atoms. The van der Waals surface area contributed by atoms with Crippen LogP contribution in [0.4, 0.5) is 91.0 Å². The molecule has 10 heterocycles. The van der Waals surface area contributed by atoms with Gasteiger partial charge in [-0.15, -0.1) is 0 Å². The first-order valence-electron chi connectivity index (χ1n) is 36.5. The van der Waals surface area contributed by atoms with Gasteiger partial charge in [-0.3, -0.25) is 0 Å². The molecule has 0 bridgehead atoms. The molecule has 0 saturated carbocycles. The molecule has 0 aromatic heterocycles. The van der Waals surface area contributed by atoms with Gasteiger partial charge in [-0.2, -0.15) is 0 Å². The highest BCUT2D eigenvalue weighted by Gasteiger charge is 2.63. The molecule has 0 N–H and O–H groups in total. The molecule has 0 aliphatic carbocycles. The van der Waals surface area contributed by atoms with Crippen LogP contribution in [0.25, 0.3) is 66.8 Å². The fourth-order valence-corrected chi connectivity index (χ4v) is 20.2. The molecule has 0 atom stereocenters. The van der Waals surface area contributed by atoms with Crippen LogP contribution in [0.15, 0.2) is 334 Å². The van der Waals surface area contributed by atoms with Gasteiger partial charge in [-0.25, -0.2) is 0 Å². The Hall–Kier alpha value is -13.4. The van der Waals surface area contributed by atoms with E-state index in [1.165, 1.54) is 44.1 Å². The Labute approximate surface area is 608 Å². The van der Waals surface area contributed by atoms with Crippen LogP contribution in [-0.4, -0.2) is 27.9 Å². The maximum atomic E-state index is 8.57. The number of anilines is 16. The summed E-state index contributed by atoms with van der Waals surface area (Å²) in [7, 11) is 0. The van der Waals surface area contributed by atoms with E-state index in [0.29, 0.717) is 0 Å². The fraction of sp³-hybridized carbons (Fsp3) is 0.0110. The maximum Gasteiger partial charge on any atom is 0.422 e. The first kappa shape index (κ1) is 56.2. The van der Waals surface area contributed by atoms with Crippen LogP contribution in [0.3, 0.4) is 0 Å². The Morgan fingerprint density at radius 3 is 0.705 bits per heavy atom. The average Bonchev–Trinajstić information content (AvgIpc) is 0.649. The molecule has 10 aliphatic heterocycles. The van der Waals surface area contributed by atoms with Crippen LogP contribution in [0.1, 0.15) is 11.9 Å². The normalized spacial score (nSPS) is 15.1. The van der Waals surface area contributed by atoms with Crippen LogP contribution in [0.5, 0.6) is 11.5 Å². The van der Waals surface area contributed by atoms with E-state index in [1.807, 2.05) is 0 Å². The van der Waals surface area contributed by atoms with Crippen molar-refractivity contribution >= 4 is 141 Å². The van der Waals surface area contributed by atoms with Crippen LogP contribution in [0, 0.1) is 0 Å². The summed E-state index contributed by atoms with van der Waals surface area (Å²) < 4.78 is 17.1. The number of nitrogens with zero attached hydrogens (tertiary/aromatic N) is 8. The molecular weight excluding hydrogens is 1280 g/mol. The highest BCUT2D eigenvalue weighted by atomic mass is 16.7. The number of para-hydroxylation sites is 10. The molecule has 25 rings (SSSR count). The topological polar surface area (TPSA) is 44.4 Å². The highest BCUT2D eigenvalue weighted by molar-refractivity contribution is 6.94. The monoisotopic (exact) mass is 1340 g/mol. The van der Waals surface area contributed by atoms with E-state index in [1.54, 1.807) is 0 Å². The number of rotatable bonds is 8. The summed E-state index contributed by atoms with van der Waals surface area (Å²) in [4.78, 5) is 21.1. The summed E-state index contributed by atoms with van der Waals surface area (Å²) in [5, 5.41) is 0. The zero-order valence-electron chi connectivity index (χ0n) is 56.5. The van der Waals surface area contributed by atoms with Gasteiger partial charge in [0, 0.05) is 147 Å². The van der Waals surface area contributed by atoms with Crippen LogP contribution >= 0.6 is 0 Å². The van der Waals surface area contributed by atoms with Gasteiger partial charge in [0.15, 0.2) is 0 Å². The standard InChI is InChI=1S/C91H56B4N8O2/c1-9-31-56(32-10-1)96-66-49-27-25-47-64(66)74-85-81-76-68(98(92(85)96)58-35-13-3-14-36-58)51-29-53-70(76)100(60-39-17-5-18-40-60)94-87(81)83-78-72(102(94)62-43-21-7-22-44-62)55-73-79-80(78)91(104-89(74)83)105-90-75-65-48-26-28-50-67(65)97(57-33-11-2-12-34-57)93-86(75)82-77-69(99(93)59-37-15-4-16-38-59)52-30-54-71(77)101(61-41-19-6-20-42-61)95(88(82)84(79)90)103(73)63-45-23-8-24-46-63/h1-55,91H. The first-order chi connectivity index (χ1) is 52.2. The molecule has 14 heteroatoms. The average molecular weight is 1340 g/mol. The lowest BCUT2D eigenvalue weighted by atomic mass is 9.44. The summed E-state index contributed by atoms with van der Waals surface area (Å²) in [6, 6.07) is 124. The van der Waals surface area contributed by atoms with E-state index in [0.717, 1.165) is 153 Å². The maximum absolute atomic E-state index is 8.57. The third-order valence-electron chi connectivity index (χ3n) is 23.8. The summed E-state index contributed by atoms with van der Waals surface area (Å²) in [5.41, 5.74) is 37.1. The molecule has 10 aliphatic rings. The number of ether oxygens (including phenoxy) is 2. The van der Waals surface area contributed by atoms with Gasteiger partial charge >= 0.3 is 27.9 Å². The summed E-state index contributed by atoms with van der Waals surface area (Å²) in [6.45, 7) is -1.71. The van der Waals surface area contributed by atoms with Crippen molar-refractivity contribution in [2.24, 2.45) is 0 Å². The van der Waals surface area contributed by atoms with E-state index < -0.39 is 34.2 Å². The molecule has 0 amide bonds. The second-order valence-electron chi connectivity index (χ2n) is 28.7. The van der Waals surface area contributed by atoms with Crippen molar-refractivity contribution in [3.63, 3.8) is 0 Å². The van der Waals surface area contributed by atoms with Crippen molar-refractivity contribution in [2.75, 3.05) is 38.5 Å². The van der Waals surface area contributed by atoms with E-state index >= 15 is 0 Å². The molecule has 0 radical (unpaired) electrons. The summed E-state index contributed by atoms with van der Waals surface area (Å²) >= 11 is 0. The lowest BCUT2D eigenvalue weighted by Crippen LogP contribution is -2.69. The lowest BCUT2D eigenvalue weighted by Gasteiger charge is -2.57. The largest absolute Gasteiger partial charge is 0.449 e. The molecule has 15 aromatic rings. The first-order valence-corrected chi connectivity index (χ1v) is 36.5. The Morgan fingerprint density at radius 2 is 0.419 bits per heavy atom. The number of benzene rings is 15. The van der Waals surface area contributed by atoms with Crippen LogP contribution in [0.2, 0.25) is 0 Å². The van der Waals surface area contributed by atoms with Gasteiger partial charge in [0.1, 0.15) is 11.5 Å². The molecule has 0 unspecified atom stereocenters. The van der Waals surface area contributed by atoms with Crippen molar-refractivity contribution in [1.82, 2.24) is 0 Å². The molecule has 484 valence electrons. The zero-order chi connectivity index (χ0) is 68.0. The summed E-state index contributed by atoms with van der Waals surface area (Å²) in [5.74, 6) is 1.66. The summed E-state index contributed by atoms with van der Waals surface area (Å²) in [6.07, 6.45) is -0.952. The van der Waals surface area contributed by atoms with Crippen molar-refractivity contribution in [1.29, 1.82) is 0 Å². The quantitative estimate of drug-likeness (QED) is 0.138. The van der Waals surface area contributed by atoms with Crippen molar-refractivity contribution in [2.45, 2.75) is 6.29 Å². The van der Waals surface area contributed by atoms with E-state index in [2.05, 4.69) is 372 Å². The Bertz CT molecular complexity index is 5900. The third kappa shape index (κ3) is 7.09. The number of hydrogen-bond acceptors (Lipinski definition) is 10. The molecule has 10 nitrogen and oxygen atoms in total. The minimum Gasteiger partial charge on any atom is -0.449 e. The Kier molecular flexibility index (Phi) is 11.1. The van der Waals surface area contributed by atoms with Crippen LogP contribution < -0.4 is 69.8 Å². The minimum atomic E-state index is -0.952. The third-order valence-corrected chi connectivity index (χ3v) is 23.8. The second kappa shape index (κ2) is 20.6. The van der Waals surface area contributed by atoms with E-state index in [9.17, 15) is 0 Å². The van der Waals surface area contributed by atoms with Gasteiger partial charge in [0.05, 0.1) is 5.56 Å². The van der Waals surface area contributed by atoms with Crippen molar-refractivity contribution < 1.29 is 9.47 Å².